The van der Waals surface area contributed by atoms with Gasteiger partial charge in [0.05, 0.1) is 6.42 Å². The largest absolute Gasteiger partial charge is 0.480 e. The van der Waals surface area contributed by atoms with Crippen LogP contribution in [0.3, 0.4) is 0 Å². The van der Waals surface area contributed by atoms with Crippen molar-refractivity contribution in [2.75, 3.05) is 11.4 Å². The maximum absolute atomic E-state index is 12.1. The van der Waals surface area contributed by atoms with Crippen molar-refractivity contribution in [2.45, 2.75) is 25.1 Å². The Bertz CT molecular complexity index is 560. The van der Waals surface area contributed by atoms with Crippen LogP contribution >= 0.6 is 0 Å². The third kappa shape index (κ3) is 3.45. The van der Waals surface area contributed by atoms with Gasteiger partial charge in [0.1, 0.15) is 6.04 Å². The molecule has 0 radical (unpaired) electrons. The molecule has 5 nitrogen and oxygen atoms in total. The molecule has 0 saturated carbocycles. The van der Waals surface area contributed by atoms with Gasteiger partial charge in [0, 0.05) is 18.7 Å². The van der Waals surface area contributed by atoms with Crippen molar-refractivity contribution in [3.05, 3.63) is 29.8 Å². The first-order chi connectivity index (χ1) is 9.79. The predicted molar refractivity (Wildman–Crippen MR) is 68.1 cm³/mol. The molecule has 2 N–H and O–H groups in total. The molecular formula is C13H13F3N2O3. The van der Waals surface area contributed by atoms with Crippen molar-refractivity contribution in [1.29, 1.82) is 0 Å². The summed E-state index contributed by atoms with van der Waals surface area (Å²) in [6.45, 7) is -0.590. The second-order valence-corrected chi connectivity index (χ2v) is 4.65. The van der Waals surface area contributed by atoms with Crippen LogP contribution in [0.25, 0.3) is 0 Å². The number of para-hydroxylation sites is 1. The van der Waals surface area contributed by atoms with E-state index in [1.807, 2.05) is 0 Å². The number of aliphatic carboxylic acids is 1. The number of hydrogen-bond donors (Lipinski definition) is 2. The van der Waals surface area contributed by atoms with E-state index in [1.54, 1.807) is 24.3 Å². The highest BCUT2D eigenvalue weighted by Gasteiger charge is 2.38. The van der Waals surface area contributed by atoms with Gasteiger partial charge in [-0.05, 0) is 11.6 Å². The van der Waals surface area contributed by atoms with Crippen molar-refractivity contribution >= 4 is 17.7 Å². The molecule has 1 heterocycles. The summed E-state index contributed by atoms with van der Waals surface area (Å²) in [7, 11) is 0. The first-order valence-corrected chi connectivity index (χ1v) is 6.24. The number of alkyl halides is 3. The minimum Gasteiger partial charge on any atom is -0.480 e. The zero-order chi connectivity index (χ0) is 15.6. The second kappa shape index (κ2) is 5.63. The molecular weight excluding hydrogens is 289 g/mol. The van der Waals surface area contributed by atoms with Crippen LogP contribution < -0.4 is 10.2 Å². The lowest BCUT2D eigenvalue weighted by molar-refractivity contribution is -0.138. The number of urea groups is 1. The Labute approximate surface area is 118 Å². The number of carboxylic acids is 1. The fraction of sp³-hybridized carbons (Fsp3) is 0.385. The number of carbonyl (C=O) groups excluding carboxylic acids is 1. The van der Waals surface area contributed by atoms with Crippen molar-refractivity contribution in [2.24, 2.45) is 0 Å². The monoisotopic (exact) mass is 302 g/mol. The van der Waals surface area contributed by atoms with Gasteiger partial charge in [-0.25, -0.2) is 9.59 Å². The van der Waals surface area contributed by atoms with E-state index in [9.17, 15) is 22.8 Å². The number of carbonyl (C=O) groups is 2. The maximum Gasteiger partial charge on any atom is 0.390 e. The third-order valence-electron chi connectivity index (χ3n) is 3.16. The topological polar surface area (TPSA) is 69.6 Å². The average molecular weight is 302 g/mol. The number of rotatable bonds is 3. The molecule has 1 unspecified atom stereocenters. The van der Waals surface area contributed by atoms with Gasteiger partial charge in [-0.3, -0.25) is 4.90 Å². The summed E-state index contributed by atoms with van der Waals surface area (Å²) >= 11 is 0. The number of amides is 2. The Morgan fingerprint density at radius 1 is 1.33 bits per heavy atom. The van der Waals surface area contributed by atoms with E-state index >= 15 is 0 Å². The zero-order valence-electron chi connectivity index (χ0n) is 10.9. The minimum absolute atomic E-state index is 0.137. The van der Waals surface area contributed by atoms with Gasteiger partial charge in [-0.1, -0.05) is 18.2 Å². The molecule has 0 aliphatic carbocycles. The molecule has 1 atom stereocenters. The van der Waals surface area contributed by atoms with E-state index in [0.717, 1.165) is 4.90 Å². The Hall–Kier alpha value is -2.25. The lowest BCUT2D eigenvalue weighted by atomic mass is 10.1. The normalized spacial score (nSPS) is 17.5. The molecule has 0 fully saturated rings. The number of hydrogen-bond acceptors (Lipinski definition) is 2. The van der Waals surface area contributed by atoms with Crippen LogP contribution in [0, 0.1) is 0 Å². The van der Waals surface area contributed by atoms with Gasteiger partial charge in [-0.15, -0.1) is 0 Å². The van der Waals surface area contributed by atoms with Crippen LogP contribution in [-0.4, -0.2) is 35.9 Å². The van der Waals surface area contributed by atoms with Gasteiger partial charge in [0.25, 0.3) is 0 Å². The van der Waals surface area contributed by atoms with Crippen molar-refractivity contribution in [3.63, 3.8) is 0 Å². The molecule has 1 aromatic carbocycles. The van der Waals surface area contributed by atoms with E-state index in [-0.39, 0.29) is 6.42 Å². The molecule has 0 aromatic heterocycles. The molecule has 1 aromatic rings. The van der Waals surface area contributed by atoms with Crippen LogP contribution in [0.2, 0.25) is 0 Å². The third-order valence-corrected chi connectivity index (χ3v) is 3.16. The highest BCUT2D eigenvalue weighted by molar-refractivity contribution is 6.01. The Morgan fingerprint density at radius 2 is 2.00 bits per heavy atom. The van der Waals surface area contributed by atoms with Crippen LogP contribution in [0.5, 0.6) is 0 Å². The molecule has 0 saturated heterocycles. The zero-order valence-corrected chi connectivity index (χ0v) is 10.9. The molecule has 0 bridgehead atoms. The van der Waals surface area contributed by atoms with Crippen LogP contribution in [0.4, 0.5) is 23.7 Å². The van der Waals surface area contributed by atoms with E-state index in [4.69, 9.17) is 5.11 Å². The first kappa shape index (κ1) is 15.1. The van der Waals surface area contributed by atoms with Crippen molar-refractivity contribution in [3.8, 4) is 0 Å². The molecule has 114 valence electrons. The standard InChI is InChI=1S/C13H13F3N2O3/c14-13(15,16)5-6-17-12(21)18-9-4-2-1-3-8(9)7-10(18)11(19)20/h1-4,10H,5-7H2,(H,17,21)(H,19,20). The number of halogens is 3. The second-order valence-electron chi connectivity index (χ2n) is 4.65. The molecule has 2 rings (SSSR count). The van der Waals surface area contributed by atoms with E-state index in [1.165, 1.54) is 0 Å². The highest BCUT2D eigenvalue weighted by Crippen LogP contribution is 2.32. The van der Waals surface area contributed by atoms with Crippen molar-refractivity contribution < 1.29 is 27.9 Å². The summed E-state index contributed by atoms with van der Waals surface area (Å²) in [6.07, 6.45) is -5.40. The molecule has 1 aliphatic rings. The molecule has 8 heteroatoms. The summed E-state index contributed by atoms with van der Waals surface area (Å²) in [5, 5.41) is 11.3. The number of fused-ring (bicyclic) bond motifs is 1. The van der Waals surface area contributed by atoms with Crippen LogP contribution in [-0.2, 0) is 11.2 Å². The Morgan fingerprint density at radius 3 is 2.62 bits per heavy atom. The first-order valence-electron chi connectivity index (χ1n) is 6.24. The van der Waals surface area contributed by atoms with Gasteiger partial charge in [-0.2, -0.15) is 13.2 Å². The van der Waals surface area contributed by atoms with Gasteiger partial charge in [0.15, 0.2) is 0 Å². The molecule has 21 heavy (non-hydrogen) atoms. The average Bonchev–Trinajstić information content (AvgIpc) is 2.76. The van der Waals surface area contributed by atoms with E-state index in [2.05, 4.69) is 5.32 Å². The summed E-state index contributed by atoms with van der Waals surface area (Å²) in [5.74, 6) is -1.20. The highest BCUT2D eigenvalue weighted by atomic mass is 19.4. The fourth-order valence-corrected chi connectivity index (χ4v) is 2.23. The molecule has 2 amide bonds. The number of carboxylic acid groups (broad SMARTS) is 1. The SMILES string of the molecule is O=C(O)C1Cc2ccccc2N1C(=O)NCCC(F)(F)F. The molecule has 0 spiro atoms. The maximum atomic E-state index is 12.1. The predicted octanol–water partition coefficient (Wildman–Crippen LogP) is 2.16. The number of benzene rings is 1. The minimum atomic E-state index is -4.37. The van der Waals surface area contributed by atoms with E-state index in [0.29, 0.717) is 11.3 Å². The smallest absolute Gasteiger partial charge is 0.390 e. The van der Waals surface area contributed by atoms with Crippen molar-refractivity contribution in [1.82, 2.24) is 5.32 Å². The molecule has 1 aliphatic heterocycles. The van der Waals surface area contributed by atoms with E-state index < -0.39 is 37.2 Å². The summed E-state index contributed by atoms with van der Waals surface area (Å²) in [5.41, 5.74) is 1.09. The van der Waals surface area contributed by atoms with Crippen LogP contribution in [0.15, 0.2) is 24.3 Å². The quantitative estimate of drug-likeness (QED) is 0.899. The summed E-state index contributed by atoms with van der Waals surface area (Å²) < 4.78 is 36.2. The summed E-state index contributed by atoms with van der Waals surface area (Å²) in [4.78, 5) is 24.2. The van der Waals surface area contributed by atoms with Gasteiger partial charge in [0.2, 0.25) is 0 Å². The fourth-order valence-electron chi connectivity index (χ4n) is 2.23. The number of nitrogens with zero attached hydrogens (tertiary/aromatic N) is 1. The van der Waals surface area contributed by atoms with Gasteiger partial charge >= 0.3 is 18.2 Å². The Kier molecular flexibility index (Phi) is 4.06. The summed E-state index contributed by atoms with van der Waals surface area (Å²) in [6, 6.07) is 4.67. The lowest BCUT2D eigenvalue weighted by Gasteiger charge is -2.23. The van der Waals surface area contributed by atoms with Crippen LogP contribution in [0.1, 0.15) is 12.0 Å². The lowest BCUT2D eigenvalue weighted by Crippen LogP contribution is -2.48. The number of anilines is 1. The number of nitrogens with one attached hydrogen (secondary N) is 1. The Balaban J connectivity index is 2.11. The van der Waals surface area contributed by atoms with Gasteiger partial charge < -0.3 is 10.4 Å².